The molecule has 32 heavy (non-hydrogen) atoms. The molecule has 5 heteroatoms. The average Bonchev–Trinajstić information content (AvgIpc) is 2.79. The van der Waals surface area contributed by atoms with E-state index in [1.807, 2.05) is 56.9 Å². The topological polar surface area (TPSA) is 58.6 Å². The van der Waals surface area contributed by atoms with Gasteiger partial charge in [0.05, 0.1) is 17.9 Å². The van der Waals surface area contributed by atoms with Crippen LogP contribution in [0, 0.1) is 19.3 Å². The first-order chi connectivity index (χ1) is 15.3. The Balaban J connectivity index is 1.57. The molecular formula is C27H36N2O3. The average molecular weight is 437 g/mol. The number of hydrogen-bond donors (Lipinski definition) is 1. The zero-order valence-corrected chi connectivity index (χ0v) is 19.9. The molecule has 0 spiro atoms. The maximum absolute atomic E-state index is 13.1. The number of carbonyl (C=O) groups excluding carboxylic acids is 2. The highest BCUT2D eigenvalue weighted by Crippen LogP contribution is 2.27. The van der Waals surface area contributed by atoms with Gasteiger partial charge in [-0.15, -0.1) is 0 Å². The molecule has 1 aliphatic heterocycles. The second-order valence-corrected chi connectivity index (χ2v) is 9.46. The SMILES string of the molecule is Cc1ccc(C)c(OCCCC(C)(C)C(=O)Nc2ccccc2C(=O)N2CCCCC2)c1. The van der Waals surface area contributed by atoms with E-state index in [0.717, 1.165) is 43.7 Å². The van der Waals surface area contributed by atoms with Crippen molar-refractivity contribution in [3.63, 3.8) is 0 Å². The number of nitrogens with one attached hydrogen (secondary N) is 1. The summed E-state index contributed by atoms with van der Waals surface area (Å²) in [7, 11) is 0. The first kappa shape index (κ1) is 23.8. The normalized spacial score (nSPS) is 14.2. The predicted molar refractivity (Wildman–Crippen MR) is 129 cm³/mol. The summed E-state index contributed by atoms with van der Waals surface area (Å²) in [6.07, 6.45) is 4.70. The Bertz CT molecular complexity index is 946. The minimum Gasteiger partial charge on any atom is -0.493 e. The van der Waals surface area contributed by atoms with Gasteiger partial charge < -0.3 is 15.0 Å². The van der Waals surface area contributed by atoms with E-state index in [0.29, 0.717) is 24.3 Å². The molecule has 1 saturated heterocycles. The van der Waals surface area contributed by atoms with Gasteiger partial charge in [0.25, 0.3) is 5.91 Å². The number of likely N-dealkylation sites (tertiary alicyclic amines) is 1. The molecule has 5 nitrogen and oxygen atoms in total. The fourth-order valence-electron chi connectivity index (χ4n) is 4.01. The molecule has 2 aromatic carbocycles. The van der Waals surface area contributed by atoms with Crippen LogP contribution in [0.25, 0.3) is 0 Å². The van der Waals surface area contributed by atoms with Crippen molar-refractivity contribution in [1.82, 2.24) is 4.90 Å². The van der Waals surface area contributed by atoms with Crippen molar-refractivity contribution >= 4 is 17.5 Å². The lowest BCUT2D eigenvalue weighted by Crippen LogP contribution is -2.37. The van der Waals surface area contributed by atoms with Crippen molar-refractivity contribution in [3.8, 4) is 5.75 Å². The van der Waals surface area contributed by atoms with Crippen LogP contribution in [0.3, 0.4) is 0 Å². The van der Waals surface area contributed by atoms with Gasteiger partial charge >= 0.3 is 0 Å². The molecule has 172 valence electrons. The Hall–Kier alpha value is -2.82. The third-order valence-corrected chi connectivity index (χ3v) is 6.21. The van der Waals surface area contributed by atoms with Crippen molar-refractivity contribution in [1.29, 1.82) is 0 Å². The number of piperidine rings is 1. The van der Waals surface area contributed by atoms with E-state index in [9.17, 15) is 9.59 Å². The Kier molecular flexibility index (Phi) is 7.94. The fraction of sp³-hybridized carbons (Fsp3) is 0.481. The van der Waals surface area contributed by atoms with Gasteiger partial charge in [-0.05, 0) is 75.3 Å². The first-order valence-electron chi connectivity index (χ1n) is 11.7. The zero-order valence-electron chi connectivity index (χ0n) is 19.9. The molecule has 0 aliphatic carbocycles. The Morgan fingerprint density at radius 1 is 1.03 bits per heavy atom. The van der Waals surface area contributed by atoms with Gasteiger partial charge in [0.1, 0.15) is 5.75 Å². The van der Waals surface area contributed by atoms with Crippen LogP contribution in [0.2, 0.25) is 0 Å². The van der Waals surface area contributed by atoms with Crippen molar-refractivity contribution in [3.05, 3.63) is 59.2 Å². The molecule has 0 radical (unpaired) electrons. The van der Waals surface area contributed by atoms with Crippen molar-refractivity contribution < 1.29 is 14.3 Å². The van der Waals surface area contributed by atoms with Crippen molar-refractivity contribution in [2.24, 2.45) is 5.41 Å². The minimum absolute atomic E-state index is 0.000306. The molecule has 0 bridgehead atoms. The van der Waals surface area contributed by atoms with Crippen LogP contribution in [-0.2, 0) is 4.79 Å². The molecule has 0 aromatic heterocycles. The second-order valence-electron chi connectivity index (χ2n) is 9.46. The number of hydrogen-bond acceptors (Lipinski definition) is 3. The summed E-state index contributed by atoms with van der Waals surface area (Å²) in [5.74, 6) is 0.820. The lowest BCUT2D eigenvalue weighted by Gasteiger charge is -2.28. The van der Waals surface area contributed by atoms with Gasteiger partial charge in [0.2, 0.25) is 5.91 Å². The number of nitrogens with zero attached hydrogens (tertiary/aromatic N) is 1. The van der Waals surface area contributed by atoms with Gasteiger partial charge in [-0.3, -0.25) is 9.59 Å². The quantitative estimate of drug-likeness (QED) is 0.536. The fourth-order valence-corrected chi connectivity index (χ4v) is 4.01. The Labute approximate surface area is 192 Å². The van der Waals surface area contributed by atoms with Crippen LogP contribution < -0.4 is 10.1 Å². The van der Waals surface area contributed by atoms with E-state index in [1.165, 1.54) is 12.0 Å². The van der Waals surface area contributed by atoms with Gasteiger partial charge in [-0.2, -0.15) is 0 Å². The summed E-state index contributed by atoms with van der Waals surface area (Å²) in [6.45, 7) is 10.1. The number of rotatable bonds is 8. The molecular weight excluding hydrogens is 400 g/mol. The van der Waals surface area contributed by atoms with Crippen LogP contribution in [-0.4, -0.2) is 36.4 Å². The van der Waals surface area contributed by atoms with E-state index >= 15 is 0 Å². The molecule has 1 heterocycles. The second kappa shape index (κ2) is 10.7. The van der Waals surface area contributed by atoms with Crippen LogP contribution >= 0.6 is 0 Å². The molecule has 2 aromatic rings. The lowest BCUT2D eigenvalue weighted by atomic mass is 9.86. The monoisotopic (exact) mass is 436 g/mol. The van der Waals surface area contributed by atoms with Gasteiger partial charge in [0.15, 0.2) is 0 Å². The smallest absolute Gasteiger partial charge is 0.255 e. The van der Waals surface area contributed by atoms with E-state index in [1.54, 1.807) is 6.07 Å². The molecule has 0 saturated carbocycles. The molecule has 0 atom stereocenters. The highest BCUT2D eigenvalue weighted by molar-refractivity contribution is 6.04. The lowest BCUT2D eigenvalue weighted by molar-refractivity contribution is -0.124. The number of anilines is 1. The van der Waals surface area contributed by atoms with Gasteiger partial charge in [-0.1, -0.05) is 38.1 Å². The predicted octanol–water partition coefficient (Wildman–Crippen LogP) is 5.75. The standard InChI is InChI=1S/C27H36N2O3/c1-20-13-14-21(2)24(19-20)32-18-10-15-27(3,4)26(31)28-23-12-7-6-11-22(23)25(30)29-16-8-5-9-17-29/h6-7,11-14,19H,5,8-10,15-18H2,1-4H3,(H,28,31). The number of aryl methyl sites for hydroxylation is 2. The van der Waals surface area contributed by atoms with Crippen LogP contribution in [0.1, 0.15) is 67.4 Å². The van der Waals surface area contributed by atoms with Crippen molar-refractivity contribution in [2.75, 3.05) is 25.0 Å². The summed E-state index contributed by atoms with van der Waals surface area (Å²) in [5.41, 5.74) is 2.86. The Morgan fingerprint density at radius 3 is 2.50 bits per heavy atom. The maximum Gasteiger partial charge on any atom is 0.255 e. The van der Waals surface area contributed by atoms with E-state index in [-0.39, 0.29) is 11.8 Å². The Morgan fingerprint density at radius 2 is 1.75 bits per heavy atom. The van der Waals surface area contributed by atoms with Gasteiger partial charge in [0, 0.05) is 18.5 Å². The molecule has 3 rings (SSSR count). The van der Waals surface area contributed by atoms with Crippen molar-refractivity contribution in [2.45, 2.75) is 59.8 Å². The molecule has 1 aliphatic rings. The summed E-state index contributed by atoms with van der Waals surface area (Å²) in [4.78, 5) is 28.0. The zero-order chi connectivity index (χ0) is 23.1. The van der Waals surface area contributed by atoms with E-state index < -0.39 is 5.41 Å². The summed E-state index contributed by atoms with van der Waals surface area (Å²) in [6, 6.07) is 13.5. The third-order valence-electron chi connectivity index (χ3n) is 6.21. The molecule has 2 amide bonds. The van der Waals surface area contributed by atoms with Crippen LogP contribution in [0.15, 0.2) is 42.5 Å². The minimum atomic E-state index is -0.577. The number of benzene rings is 2. The van der Waals surface area contributed by atoms with Crippen LogP contribution in [0.4, 0.5) is 5.69 Å². The van der Waals surface area contributed by atoms with E-state index in [4.69, 9.17) is 4.74 Å². The molecule has 0 unspecified atom stereocenters. The van der Waals surface area contributed by atoms with E-state index in [2.05, 4.69) is 17.4 Å². The number of amides is 2. The summed E-state index contributed by atoms with van der Waals surface area (Å²) in [5, 5.41) is 3.02. The van der Waals surface area contributed by atoms with Gasteiger partial charge in [-0.25, -0.2) is 0 Å². The largest absolute Gasteiger partial charge is 0.493 e. The highest BCUT2D eigenvalue weighted by Gasteiger charge is 2.29. The van der Waals surface area contributed by atoms with Crippen LogP contribution in [0.5, 0.6) is 5.75 Å². The number of ether oxygens (including phenoxy) is 1. The summed E-state index contributed by atoms with van der Waals surface area (Å²) < 4.78 is 5.95. The number of carbonyl (C=O) groups is 2. The third kappa shape index (κ3) is 6.12. The highest BCUT2D eigenvalue weighted by atomic mass is 16.5. The first-order valence-corrected chi connectivity index (χ1v) is 11.7. The maximum atomic E-state index is 13.1. The molecule has 1 fully saturated rings. The molecule has 1 N–H and O–H groups in total. The summed E-state index contributed by atoms with van der Waals surface area (Å²) >= 11 is 0. The number of para-hydroxylation sites is 1.